The van der Waals surface area contributed by atoms with E-state index >= 15 is 0 Å². The summed E-state index contributed by atoms with van der Waals surface area (Å²) in [7, 11) is 0. The lowest BCUT2D eigenvalue weighted by atomic mass is 10.0. The number of nitrogens with zero attached hydrogens (tertiary/aromatic N) is 7. The molecule has 0 aromatic carbocycles. The normalized spacial score (nSPS) is 21.0. The first kappa shape index (κ1) is 28.8. The number of rotatable bonds is 12. The van der Waals surface area contributed by atoms with Gasteiger partial charge in [0.15, 0.2) is 10.8 Å². The molecule has 2 fully saturated rings. The Hall–Kier alpha value is -3.71. The summed E-state index contributed by atoms with van der Waals surface area (Å²) in [5.41, 5.74) is 6.17. The average molecular weight is 624 g/mol. The van der Waals surface area contributed by atoms with Crippen LogP contribution in [0.4, 0.5) is 5.13 Å². The largest absolute Gasteiger partial charge is 0.481 e. The molecule has 1 aliphatic carbocycles. The number of anilines is 1. The molecule has 1 saturated carbocycles. The van der Waals surface area contributed by atoms with E-state index in [2.05, 4.69) is 31.0 Å². The highest BCUT2D eigenvalue weighted by molar-refractivity contribution is 8.01. The van der Waals surface area contributed by atoms with Gasteiger partial charge in [0.25, 0.3) is 11.8 Å². The number of fused-ring (bicyclic) bond motifs is 1. The van der Waals surface area contributed by atoms with Gasteiger partial charge in [-0.2, -0.15) is 0 Å². The second kappa shape index (κ2) is 12.4. The van der Waals surface area contributed by atoms with Gasteiger partial charge >= 0.3 is 11.9 Å². The molecule has 218 valence electrons. The summed E-state index contributed by atoms with van der Waals surface area (Å²) in [6.45, 7) is 0.0583. The van der Waals surface area contributed by atoms with E-state index in [0.717, 1.165) is 53.7 Å². The second-order valence-corrected chi connectivity index (χ2v) is 12.2. The van der Waals surface area contributed by atoms with Gasteiger partial charge in [0.05, 0.1) is 13.0 Å². The van der Waals surface area contributed by atoms with Crippen molar-refractivity contribution in [1.82, 2.24) is 35.4 Å². The number of aliphatic carboxylic acids is 2. The Morgan fingerprint density at radius 3 is 2.73 bits per heavy atom. The Morgan fingerprint density at radius 1 is 1.27 bits per heavy atom. The SMILES string of the molecule is Nc1nc(C(=NOC2CCCC2)C(=O)NC2C(=O)N3C(C(=O)O)=C(CSc4nnnn4CCC(=O)O)CS[C@@H]23)cs1. The van der Waals surface area contributed by atoms with Crippen molar-refractivity contribution in [2.75, 3.05) is 17.2 Å². The van der Waals surface area contributed by atoms with Crippen molar-refractivity contribution in [2.24, 2.45) is 5.16 Å². The molecule has 5 rings (SSSR count). The summed E-state index contributed by atoms with van der Waals surface area (Å²) in [6, 6.07) is -0.980. The standard InChI is InChI=1S/C22H25N9O7S3/c23-21-24-12(9-40-21)14(27-38-11-3-1-2-4-11)17(34)25-15-18(35)31-16(20(36)37)10(7-39-19(15)31)8-41-22-26-28-29-30(22)6-5-13(32)33/h9,11,15,19H,1-8H2,(H2,23,24)(H,25,34)(H,32,33)(H,36,37)/t15?,19-/m0/s1. The number of carboxylic acids is 2. The maximum atomic E-state index is 13.3. The minimum Gasteiger partial charge on any atom is -0.481 e. The number of hydrogen-bond donors (Lipinski definition) is 4. The van der Waals surface area contributed by atoms with Crippen LogP contribution in [0.3, 0.4) is 0 Å². The number of carbonyl (C=O) groups excluding carboxylic acids is 2. The molecule has 1 unspecified atom stereocenters. The number of carboxylic acid groups (broad SMARTS) is 2. The number of nitrogens with one attached hydrogen (secondary N) is 1. The third kappa shape index (κ3) is 6.30. The van der Waals surface area contributed by atoms with Crippen molar-refractivity contribution in [3.8, 4) is 0 Å². The molecule has 41 heavy (non-hydrogen) atoms. The quantitative estimate of drug-likeness (QED) is 0.108. The van der Waals surface area contributed by atoms with Crippen molar-refractivity contribution in [1.29, 1.82) is 0 Å². The molecule has 2 aliphatic heterocycles. The number of thioether (sulfide) groups is 2. The lowest BCUT2D eigenvalue weighted by Crippen LogP contribution is -2.71. The predicted molar refractivity (Wildman–Crippen MR) is 147 cm³/mol. The van der Waals surface area contributed by atoms with Crippen molar-refractivity contribution in [3.63, 3.8) is 0 Å². The maximum absolute atomic E-state index is 13.3. The molecule has 2 atom stereocenters. The Labute approximate surface area is 244 Å². The molecule has 5 N–H and O–H groups in total. The minimum atomic E-state index is -1.28. The number of amides is 2. The van der Waals surface area contributed by atoms with E-state index in [0.29, 0.717) is 10.7 Å². The lowest BCUT2D eigenvalue weighted by Gasteiger charge is -2.49. The number of carbonyl (C=O) groups is 4. The highest BCUT2D eigenvalue weighted by atomic mass is 32.2. The zero-order chi connectivity index (χ0) is 29.1. The molecule has 2 aromatic heterocycles. The Balaban J connectivity index is 1.28. The number of thiazole rings is 1. The van der Waals surface area contributed by atoms with E-state index in [1.165, 1.54) is 16.4 Å². The highest BCUT2D eigenvalue weighted by Crippen LogP contribution is 2.41. The van der Waals surface area contributed by atoms with Crippen molar-refractivity contribution in [2.45, 2.75) is 61.3 Å². The van der Waals surface area contributed by atoms with Crippen LogP contribution in [0.1, 0.15) is 37.8 Å². The summed E-state index contributed by atoms with van der Waals surface area (Å²) < 4.78 is 1.32. The van der Waals surface area contributed by atoms with Crippen LogP contribution < -0.4 is 11.1 Å². The van der Waals surface area contributed by atoms with Crippen LogP contribution in [0.5, 0.6) is 0 Å². The van der Waals surface area contributed by atoms with Gasteiger partial charge in [-0.3, -0.25) is 19.3 Å². The van der Waals surface area contributed by atoms with Gasteiger partial charge in [-0.05, 0) is 41.7 Å². The molecular weight excluding hydrogens is 598 g/mol. The van der Waals surface area contributed by atoms with Gasteiger partial charge in [0.1, 0.15) is 28.9 Å². The van der Waals surface area contributed by atoms with E-state index in [1.807, 2.05) is 0 Å². The topological polar surface area (TPSA) is 228 Å². The fourth-order valence-corrected chi connectivity index (χ4v) is 7.46. The Bertz CT molecular complexity index is 1420. The zero-order valence-electron chi connectivity index (χ0n) is 21.3. The number of oxime groups is 1. The summed E-state index contributed by atoms with van der Waals surface area (Å²) >= 11 is 3.59. The fourth-order valence-electron chi connectivity index (χ4n) is 4.52. The van der Waals surface area contributed by atoms with Gasteiger partial charge in [-0.15, -0.1) is 28.2 Å². The zero-order valence-corrected chi connectivity index (χ0v) is 23.8. The number of aryl methyl sites for hydroxylation is 1. The van der Waals surface area contributed by atoms with Gasteiger partial charge in [0, 0.05) is 16.9 Å². The molecule has 2 amide bonds. The summed E-state index contributed by atoms with van der Waals surface area (Å²) in [5, 5.41) is 38.3. The van der Waals surface area contributed by atoms with Gasteiger partial charge in [0.2, 0.25) is 5.16 Å². The van der Waals surface area contributed by atoms with Crippen molar-refractivity contribution < 1.29 is 34.2 Å². The number of hydrogen-bond acceptors (Lipinski definition) is 14. The molecule has 0 bridgehead atoms. The Kier molecular flexibility index (Phi) is 8.74. The van der Waals surface area contributed by atoms with E-state index < -0.39 is 35.2 Å². The van der Waals surface area contributed by atoms with Crippen LogP contribution in [-0.4, -0.2) is 98.8 Å². The number of tetrazole rings is 1. The maximum Gasteiger partial charge on any atom is 0.352 e. The first-order chi connectivity index (χ1) is 19.7. The van der Waals surface area contributed by atoms with Crippen LogP contribution in [0.25, 0.3) is 0 Å². The molecule has 0 radical (unpaired) electrons. The first-order valence-electron chi connectivity index (χ1n) is 12.5. The number of nitrogens with two attached hydrogens (primary N) is 1. The van der Waals surface area contributed by atoms with E-state index in [1.54, 1.807) is 5.38 Å². The smallest absolute Gasteiger partial charge is 0.352 e. The van der Waals surface area contributed by atoms with Gasteiger partial charge in [-0.25, -0.2) is 14.5 Å². The third-order valence-corrected chi connectivity index (χ3v) is 9.58. The summed E-state index contributed by atoms with van der Waals surface area (Å²) in [4.78, 5) is 60.4. The molecule has 2 aromatic rings. The molecule has 19 heteroatoms. The van der Waals surface area contributed by atoms with E-state index in [-0.39, 0.29) is 52.8 Å². The Morgan fingerprint density at radius 2 is 2.05 bits per heavy atom. The van der Waals surface area contributed by atoms with Gasteiger partial charge in [-0.1, -0.05) is 16.9 Å². The number of β-lactam (4-membered cyclic amide) rings is 1. The van der Waals surface area contributed by atoms with Crippen LogP contribution in [0, 0.1) is 0 Å². The predicted octanol–water partition coefficient (Wildman–Crippen LogP) is 0.381. The number of aromatic nitrogens is 5. The van der Waals surface area contributed by atoms with Crippen molar-refractivity contribution >= 4 is 69.5 Å². The molecular formula is C22H25N9O7S3. The summed E-state index contributed by atoms with van der Waals surface area (Å²) in [5.74, 6) is -3.09. The number of nitrogen functional groups attached to an aromatic ring is 1. The van der Waals surface area contributed by atoms with E-state index in [4.69, 9.17) is 15.7 Å². The first-order valence-corrected chi connectivity index (χ1v) is 15.4. The third-order valence-electron chi connectivity index (χ3n) is 6.52. The van der Waals surface area contributed by atoms with Gasteiger partial charge < -0.3 is 26.1 Å². The van der Waals surface area contributed by atoms with E-state index in [9.17, 15) is 24.3 Å². The molecule has 4 heterocycles. The monoisotopic (exact) mass is 623 g/mol. The van der Waals surface area contributed by atoms with Crippen LogP contribution in [-0.2, 0) is 30.6 Å². The van der Waals surface area contributed by atoms with Crippen molar-refractivity contribution in [3.05, 3.63) is 22.3 Å². The molecule has 3 aliphatic rings. The van der Waals surface area contributed by atoms with Crippen LogP contribution in [0.15, 0.2) is 27.0 Å². The average Bonchev–Trinajstić information content (AvgIpc) is 3.71. The molecule has 16 nitrogen and oxygen atoms in total. The van der Waals surface area contributed by atoms with Crippen LogP contribution in [0.2, 0.25) is 0 Å². The fraction of sp³-hybridized carbons (Fsp3) is 0.500. The molecule has 0 spiro atoms. The minimum absolute atomic E-state index is 0.0583. The molecule has 1 saturated heterocycles. The second-order valence-electron chi connectivity index (χ2n) is 9.26. The van der Waals surface area contributed by atoms with Crippen LogP contribution >= 0.6 is 34.9 Å². The summed E-state index contributed by atoms with van der Waals surface area (Å²) in [6.07, 6.45) is 3.40. The highest BCUT2D eigenvalue weighted by Gasteiger charge is 2.54. The lowest BCUT2D eigenvalue weighted by molar-refractivity contribution is -0.150.